The number of halogens is 1. The molecular formula is C14H16FN3. The summed E-state index contributed by atoms with van der Waals surface area (Å²) in [5.41, 5.74) is 3.04. The normalized spacial score (nSPS) is 10.2. The molecule has 0 aliphatic heterocycles. The molecule has 0 fully saturated rings. The summed E-state index contributed by atoms with van der Waals surface area (Å²) in [7, 11) is 0. The number of nitrogens with zero attached hydrogens (tertiary/aromatic N) is 1. The largest absolute Gasteiger partial charge is 0.384 e. The molecule has 0 spiro atoms. The minimum absolute atomic E-state index is 0.260. The molecule has 0 saturated carbocycles. The molecule has 2 rings (SSSR count). The quantitative estimate of drug-likeness (QED) is 0.862. The van der Waals surface area contributed by atoms with Gasteiger partial charge in [-0.1, -0.05) is 12.1 Å². The summed E-state index contributed by atoms with van der Waals surface area (Å²) in [6, 6.07) is 6.91. The Labute approximate surface area is 106 Å². The number of benzene rings is 1. The van der Waals surface area contributed by atoms with Crippen LogP contribution in [0.5, 0.6) is 0 Å². The van der Waals surface area contributed by atoms with Gasteiger partial charge in [-0.25, -0.2) is 4.39 Å². The van der Waals surface area contributed by atoms with E-state index in [4.69, 9.17) is 0 Å². The third-order valence-electron chi connectivity index (χ3n) is 2.61. The van der Waals surface area contributed by atoms with Gasteiger partial charge >= 0.3 is 0 Å². The molecule has 0 amide bonds. The van der Waals surface area contributed by atoms with Gasteiger partial charge in [0.05, 0.1) is 29.5 Å². The zero-order chi connectivity index (χ0) is 13.0. The molecule has 3 nitrogen and oxygen atoms in total. The van der Waals surface area contributed by atoms with Gasteiger partial charge in [0, 0.05) is 6.54 Å². The summed E-state index contributed by atoms with van der Waals surface area (Å²) in [6.07, 6.45) is 3.41. The van der Waals surface area contributed by atoms with Gasteiger partial charge in [-0.2, -0.15) is 0 Å². The molecule has 0 unspecified atom stereocenters. The SMILES string of the molecule is CCNc1cncc(Nc2c(C)cccc2F)c1. The van der Waals surface area contributed by atoms with Crippen molar-refractivity contribution in [1.82, 2.24) is 4.98 Å². The lowest BCUT2D eigenvalue weighted by molar-refractivity contribution is 0.631. The molecule has 4 heteroatoms. The third-order valence-corrected chi connectivity index (χ3v) is 2.61. The number of nitrogens with one attached hydrogen (secondary N) is 2. The second kappa shape index (κ2) is 5.49. The van der Waals surface area contributed by atoms with E-state index in [1.165, 1.54) is 6.07 Å². The Kier molecular flexibility index (Phi) is 3.77. The second-order valence-corrected chi connectivity index (χ2v) is 4.05. The molecule has 0 aliphatic carbocycles. The Bertz CT molecular complexity index is 520. The number of para-hydroxylation sites is 1. The minimum atomic E-state index is -0.260. The molecule has 1 aromatic heterocycles. The topological polar surface area (TPSA) is 37.0 Å². The van der Waals surface area contributed by atoms with Gasteiger partial charge in [0.1, 0.15) is 5.82 Å². The smallest absolute Gasteiger partial charge is 0.146 e. The van der Waals surface area contributed by atoms with Crippen molar-refractivity contribution in [3.8, 4) is 0 Å². The van der Waals surface area contributed by atoms with Gasteiger partial charge in [0.25, 0.3) is 0 Å². The average molecular weight is 245 g/mol. The second-order valence-electron chi connectivity index (χ2n) is 4.05. The van der Waals surface area contributed by atoms with Crippen molar-refractivity contribution in [2.45, 2.75) is 13.8 Å². The van der Waals surface area contributed by atoms with Crippen LogP contribution in [0.4, 0.5) is 21.5 Å². The number of rotatable bonds is 4. The summed E-state index contributed by atoms with van der Waals surface area (Å²) in [4.78, 5) is 4.11. The van der Waals surface area contributed by atoms with E-state index in [-0.39, 0.29) is 5.82 Å². The van der Waals surface area contributed by atoms with E-state index in [9.17, 15) is 4.39 Å². The molecule has 0 saturated heterocycles. The Morgan fingerprint density at radius 1 is 1.22 bits per heavy atom. The van der Waals surface area contributed by atoms with Crippen LogP contribution in [0.1, 0.15) is 12.5 Å². The highest BCUT2D eigenvalue weighted by Crippen LogP contribution is 2.24. The number of hydrogen-bond donors (Lipinski definition) is 2. The van der Waals surface area contributed by atoms with Crippen molar-refractivity contribution in [1.29, 1.82) is 0 Å². The molecule has 0 aliphatic rings. The van der Waals surface area contributed by atoms with Crippen LogP contribution < -0.4 is 10.6 Å². The average Bonchev–Trinajstić information content (AvgIpc) is 2.35. The fourth-order valence-corrected chi connectivity index (χ4v) is 1.74. The van der Waals surface area contributed by atoms with Crippen molar-refractivity contribution < 1.29 is 4.39 Å². The highest BCUT2D eigenvalue weighted by molar-refractivity contribution is 5.65. The van der Waals surface area contributed by atoms with E-state index < -0.39 is 0 Å². The van der Waals surface area contributed by atoms with Crippen LogP contribution in [0.25, 0.3) is 0 Å². The maximum absolute atomic E-state index is 13.7. The van der Waals surface area contributed by atoms with Crippen LogP contribution in [0.3, 0.4) is 0 Å². The Morgan fingerprint density at radius 3 is 2.72 bits per heavy atom. The van der Waals surface area contributed by atoms with Crippen molar-refractivity contribution in [3.05, 3.63) is 48.0 Å². The number of aryl methyl sites for hydroxylation is 1. The monoisotopic (exact) mass is 245 g/mol. The van der Waals surface area contributed by atoms with Crippen molar-refractivity contribution in [2.75, 3.05) is 17.2 Å². The van der Waals surface area contributed by atoms with E-state index in [2.05, 4.69) is 15.6 Å². The van der Waals surface area contributed by atoms with E-state index >= 15 is 0 Å². The maximum Gasteiger partial charge on any atom is 0.146 e. The summed E-state index contributed by atoms with van der Waals surface area (Å²) in [6.45, 7) is 4.71. The molecule has 2 N–H and O–H groups in total. The zero-order valence-corrected chi connectivity index (χ0v) is 10.5. The van der Waals surface area contributed by atoms with Gasteiger partial charge in [-0.15, -0.1) is 0 Å². The summed E-state index contributed by atoms with van der Waals surface area (Å²) >= 11 is 0. The Hall–Kier alpha value is -2.10. The van der Waals surface area contributed by atoms with Gasteiger partial charge < -0.3 is 10.6 Å². The molecule has 18 heavy (non-hydrogen) atoms. The predicted molar refractivity (Wildman–Crippen MR) is 72.8 cm³/mol. The fourth-order valence-electron chi connectivity index (χ4n) is 1.74. The van der Waals surface area contributed by atoms with Crippen molar-refractivity contribution >= 4 is 17.1 Å². The Balaban J connectivity index is 2.26. The highest BCUT2D eigenvalue weighted by Gasteiger charge is 2.05. The standard InChI is InChI=1S/C14H16FN3/c1-3-17-11-7-12(9-16-8-11)18-14-10(2)5-4-6-13(14)15/h4-9,17-18H,3H2,1-2H3. The molecular weight excluding hydrogens is 229 g/mol. The third kappa shape index (κ3) is 2.77. The first kappa shape index (κ1) is 12.4. The number of hydrogen-bond acceptors (Lipinski definition) is 3. The van der Waals surface area contributed by atoms with Gasteiger partial charge in [0.15, 0.2) is 0 Å². The Morgan fingerprint density at radius 2 is 2.00 bits per heavy atom. The lowest BCUT2D eigenvalue weighted by Gasteiger charge is -2.11. The van der Waals surface area contributed by atoms with E-state index in [1.807, 2.05) is 26.0 Å². The van der Waals surface area contributed by atoms with Gasteiger partial charge in [0.2, 0.25) is 0 Å². The zero-order valence-electron chi connectivity index (χ0n) is 10.5. The van der Waals surface area contributed by atoms with Gasteiger partial charge in [-0.3, -0.25) is 4.98 Å². The van der Waals surface area contributed by atoms with Crippen LogP contribution in [0, 0.1) is 12.7 Å². The molecule has 1 aromatic carbocycles. The lowest BCUT2D eigenvalue weighted by Crippen LogP contribution is -2.00. The predicted octanol–water partition coefficient (Wildman–Crippen LogP) is 3.70. The molecule has 0 bridgehead atoms. The van der Waals surface area contributed by atoms with Crippen LogP contribution in [0.2, 0.25) is 0 Å². The lowest BCUT2D eigenvalue weighted by atomic mass is 10.2. The van der Waals surface area contributed by atoms with E-state index in [1.54, 1.807) is 18.5 Å². The first-order valence-corrected chi connectivity index (χ1v) is 5.91. The summed E-state index contributed by atoms with van der Waals surface area (Å²) < 4.78 is 13.7. The van der Waals surface area contributed by atoms with E-state index in [0.717, 1.165) is 23.5 Å². The molecule has 94 valence electrons. The van der Waals surface area contributed by atoms with Crippen molar-refractivity contribution in [2.24, 2.45) is 0 Å². The number of anilines is 3. The molecule has 0 radical (unpaired) electrons. The highest BCUT2D eigenvalue weighted by atomic mass is 19.1. The molecule has 1 heterocycles. The first-order chi connectivity index (χ1) is 8.70. The van der Waals surface area contributed by atoms with Crippen LogP contribution >= 0.6 is 0 Å². The van der Waals surface area contributed by atoms with Gasteiger partial charge in [-0.05, 0) is 31.5 Å². The maximum atomic E-state index is 13.7. The summed E-state index contributed by atoms with van der Waals surface area (Å²) in [5.74, 6) is -0.260. The van der Waals surface area contributed by atoms with Crippen LogP contribution in [0.15, 0.2) is 36.7 Å². The first-order valence-electron chi connectivity index (χ1n) is 5.91. The van der Waals surface area contributed by atoms with E-state index in [0.29, 0.717) is 5.69 Å². The van der Waals surface area contributed by atoms with Crippen LogP contribution in [-0.4, -0.2) is 11.5 Å². The number of pyridine rings is 1. The summed E-state index contributed by atoms with van der Waals surface area (Å²) in [5, 5.41) is 6.23. The fraction of sp³-hybridized carbons (Fsp3) is 0.214. The molecule has 0 atom stereocenters. The molecule has 2 aromatic rings. The van der Waals surface area contributed by atoms with Crippen LogP contribution in [-0.2, 0) is 0 Å². The number of aromatic nitrogens is 1. The van der Waals surface area contributed by atoms with Crippen molar-refractivity contribution in [3.63, 3.8) is 0 Å². The minimum Gasteiger partial charge on any atom is -0.384 e.